The van der Waals surface area contributed by atoms with Crippen molar-refractivity contribution in [2.45, 2.75) is 168 Å². The molecule has 1 amide bonds. The molecule has 0 aliphatic rings. The van der Waals surface area contributed by atoms with E-state index in [2.05, 4.69) is 24.1 Å². The number of rotatable bonds is 33. The minimum Gasteiger partial charge on any atom is -0.481 e. The van der Waals surface area contributed by atoms with E-state index in [4.69, 9.17) is 14.2 Å². The number of carboxylic acids is 1. The number of benzene rings is 1. The Hall–Kier alpha value is -4.17. The number of aliphatic hydroxyl groups is 1. The second kappa shape index (κ2) is 31.0. The lowest BCUT2D eigenvalue weighted by Gasteiger charge is -2.30. The maximum atomic E-state index is 14.0. The summed E-state index contributed by atoms with van der Waals surface area (Å²) in [6, 6.07) is 5.68. The van der Waals surface area contributed by atoms with Gasteiger partial charge in [0.1, 0.15) is 24.2 Å². The molecule has 1 aromatic rings. The quantitative estimate of drug-likeness (QED) is 0.0274. The van der Waals surface area contributed by atoms with Crippen molar-refractivity contribution in [1.82, 2.24) is 5.32 Å². The number of hydrogen-bond donors (Lipinski definition) is 3. The molecule has 0 saturated heterocycles. The minimum absolute atomic E-state index is 0.0101. The van der Waals surface area contributed by atoms with Crippen molar-refractivity contribution in [3.05, 3.63) is 42.0 Å². The highest BCUT2D eigenvalue weighted by Crippen LogP contribution is 2.27. The summed E-state index contributed by atoms with van der Waals surface area (Å²) >= 11 is 0. The Labute approximate surface area is 335 Å². The Morgan fingerprint density at radius 2 is 1.36 bits per heavy atom. The summed E-state index contributed by atoms with van der Waals surface area (Å²) < 4.78 is 16.3. The molecule has 0 fully saturated rings. The number of carbonyl (C=O) groups is 5. The monoisotopic (exact) mass is 783 g/mol. The van der Waals surface area contributed by atoms with Gasteiger partial charge in [0, 0.05) is 19.3 Å². The molecule has 1 aromatic carbocycles. The summed E-state index contributed by atoms with van der Waals surface area (Å²) in [7, 11) is 0. The third-order valence-corrected chi connectivity index (χ3v) is 9.50. The first kappa shape index (κ1) is 49.8. The van der Waals surface area contributed by atoms with E-state index in [-0.39, 0.29) is 26.2 Å². The Balaban J connectivity index is 3.16. The van der Waals surface area contributed by atoms with Crippen molar-refractivity contribution in [3.8, 4) is 17.6 Å². The van der Waals surface area contributed by atoms with Crippen molar-refractivity contribution in [2.24, 2.45) is 5.92 Å². The normalized spacial score (nSPS) is 13.2. The summed E-state index contributed by atoms with van der Waals surface area (Å²) in [5.74, 6) is 0.305. The zero-order valence-electron chi connectivity index (χ0n) is 34.5. The molecule has 314 valence electrons. The van der Waals surface area contributed by atoms with E-state index in [1.807, 2.05) is 13.8 Å². The van der Waals surface area contributed by atoms with Crippen LogP contribution < -0.4 is 10.1 Å². The standard InChI is InChI=1S/C45H69NO10/c1-5-9-13-16-19-24-37(47)25-20-17-14-15-18-21-26-39(45(53,44(51)52)35-41(48)55-32-22-10-6-2)42(49)46-40(43(50)56-33-23-11-7-3)34-36-27-29-38(30-28-36)54-31-12-8-4/h21,26-30,39-40,53H,5-7,9-11,13-20,22-25,31-35H2,1-4H3,(H,46,49)(H,51,52)/b26-21+/t39-,40+,45+/m1/s1. The van der Waals surface area contributed by atoms with Crippen molar-refractivity contribution in [1.29, 1.82) is 0 Å². The van der Waals surface area contributed by atoms with Gasteiger partial charge in [-0.05, 0) is 63.1 Å². The first-order valence-electron chi connectivity index (χ1n) is 20.9. The van der Waals surface area contributed by atoms with Gasteiger partial charge in [-0.2, -0.15) is 0 Å². The van der Waals surface area contributed by atoms with Crippen LogP contribution in [0.4, 0.5) is 0 Å². The highest BCUT2D eigenvalue weighted by molar-refractivity contribution is 5.95. The van der Waals surface area contributed by atoms with Crippen molar-refractivity contribution >= 4 is 29.6 Å². The fourth-order valence-electron chi connectivity index (χ4n) is 6.04. The first-order chi connectivity index (χ1) is 27.0. The van der Waals surface area contributed by atoms with Gasteiger partial charge in [0.25, 0.3) is 0 Å². The highest BCUT2D eigenvalue weighted by Gasteiger charge is 2.49. The largest absolute Gasteiger partial charge is 0.481 e. The zero-order chi connectivity index (χ0) is 41.4. The molecular formula is C45H69NO10. The second-order valence-electron chi connectivity index (χ2n) is 14.4. The molecular weight excluding hydrogens is 714 g/mol. The number of Topliss-reactive ketones (excluding diaryl/α,β-unsaturated/α-hetero) is 1. The zero-order valence-corrected chi connectivity index (χ0v) is 34.5. The topological polar surface area (TPSA) is 166 Å². The van der Waals surface area contributed by atoms with Gasteiger partial charge < -0.3 is 29.7 Å². The van der Waals surface area contributed by atoms with Crippen LogP contribution in [0.3, 0.4) is 0 Å². The molecule has 0 spiro atoms. The molecule has 11 heteroatoms. The van der Waals surface area contributed by atoms with Gasteiger partial charge in [0.05, 0.1) is 25.6 Å². The average Bonchev–Trinajstić information content (AvgIpc) is 3.17. The molecule has 3 atom stereocenters. The maximum absolute atomic E-state index is 14.0. The number of carboxylic acid groups (broad SMARTS) is 1. The van der Waals surface area contributed by atoms with E-state index in [1.54, 1.807) is 37.3 Å². The number of ketones is 1. The van der Waals surface area contributed by atoms with Crippen molar-refractivity contribution < 1.29 is 48.4 Å². The lowest BCUT2D eigenvalue weighted by atomic mass is 9.82. The SMILES string of the molecule is CC#CCOc1ccc(C[C@H](NC(=O)[C@@H](/C=C/CCCCCCC(=O)CCCCCCC)[C@@](O)(CC(=O)OCCCCC)C(=O)O)C(=O)OCCCCC)cc1. The third kappa shape index (κ3) is 21.8. The van der Waals surface area contributed by atoms with Gasteiger partial charge in [-0.1, -0.05) is 115 Å². The number of carbonyl (C=O) groups excluding carboxylic acids is 4. The molecule has 1 rings (SSSR count). The fourth-order valence-corrected chi connectivity index (χ4v) is 6.04. The van der Waals surface area contributed by atoms with E-state index < -0.39 is 47.8 Å². The van der Waals surface area contributed by atoms with Crippen LogP contribution in [-0.4, -0.2) is 71.3 Å². The summed E-state index contributed by atoms with van der Waals surface area (Å²) in [5, 5.41) is 24.5. The van der Waals surface area contributed by atoms with Crippen molar-refractivity contribution in [3.63, 3.8) is 0 Å². The summed E-state index contributed by atoms with van der Waals surface area (Å²) in [5.41, 5.74) is -2.20. The van der Waals surface area contributed by atoms with Crippen LogP contribution in [-0.2, 0) is 39.9 Å². The molecule has 11 nitrogen and oxygen atoms in total. The first-order valence-corrected chi connectivity index (χ1v) is 20.9. The van der Waals surface area contributed by atoms with Crippen LogP contribution in [0.1, 0.15) is 155 Å². The maximum Gasteiger partial charge on any atom is 0.337 e. The average molecular weight is 784 g/mol. The van der Waals surface area contributed by atoms with Gasteiger partial charge in [0.2, 0.25) is 5.91 Å². The fraction of sp³-hybridized carbons (Fsp3) is 0.667. The summed E-state index contributed by atoms with van der Waals surface area (Å²) in [6.45, 7) is 8.30. The number of hydrogen-bond acceptors (Lipinski definition) is 9. The Morgan fingerprint density at radius 1 is 0.786 bits per heavy atom. The van der Waals surface area contributed by atoms with Crippen molar-refractivity contribution in [2.75, 3.05) is 19.8 Å². The van der Waals surface area contributed by atoms with E-state index in [0.717, 1.165) is 57.8 Å². The van der Waals surface area contributed by atoms with E-state index in [1.165, 1.54) is 25.3 Å². The van der Waals surface area contributed by atoms with Gasteiger partial charge in [-0.15, -0.1) is 5.92 Å². The molecule has 0 aliphatic carbocycles. The number of amides is 1. The van der Waals surface area contributed by atoms with Gasteiger partial charge in [-0.3, -0.25) is 14.4 Å². The number of esters is 2. The van der Waals surface area contributed by atoms with Crippen LogP contribution in [0.25, 0.3) is 0 Å². The number of allylic oxidation sites excluding steroid dienone is 1. The van der Waals surface area contributed by atoms with E-state index in [0.29, 0.717) is 55.6 Å². The predicted molar refractivity (Wildman–Crippen MR) is 218 cm³/mol. The summed E-state index contributed by atoms with van der Waals surface area (Å²) in [4.78, 5) is 65.2. The van der Waals surface area contributed by atoms with Crippen LogP contribution in [0.15, 0.2) is 36.4 Å². The molecule has 0 radical (unpaired) electrons. The van der Waals surface area contributed by atoms with Crippen LogP contribution in [0.2, 0.25) is 0 Å². The molecule has 0 saturated carbocycles. The summed E-state index contributed by atoms with van der Waals surface area (Å²) in [6.07, 6.45) is 17.0. The minimum atomic E-state index is -2.87. The molecule has 0 aromatic heterocycles. The van der Waals surface area contributed by atoms with Crippen LogP contribution >= 0.6 is 0 Å². The molecule has 0 aliphatic heterocycles. The number of ether oxygens (including phenoxy) is 3. The number of aliphatic carboxylic acids is 1. The molecule has 0 heterocycles. The molecule has 56 heavy (non-hydrogen) atoms. The third-order valence-electron chi connectivity index (χ3n) is 9.50. The van der Waals surface area contributed by atoms with Crippen LogP contribution in [0, 0.1) is 17.8 Å². The molecule has 0 unspecified atom stereocenters. The lowest BCUT2D eigenvalue weighted by molar-refractivity contribution is -0.174. The van der Waals surface area contributed by atoms with Gasteiger partial charge in [0.15, 0.2) is 5.60 Å². The van der Waals surface area contributed by atoms with Crippen LogP contribution in [0.5, 0.6) is 5.75 Å². The Bertz CT molecular complexity index is 1380. The second-order valence-corrected chi connectivity index (χ2v) is 14.4. The van der Waals surface area contributed by atoms with Gasteiger partial charge >= 0.3 is 17.9 Å². The molecule has 0 bridgehead atoms. The van der Waals surface area contributed by atoms with Gasteiger partial charge in [-0.25, -0.2) is 9.59 Å². The Morgan fingerprint density at radius 3 is 1.95 bits per heavy atom. The lowest BCUT2D eigenvalue weighted by Crippen LogP contribution is -2.55. The number of unbranched alkanes of at least 4 members (excludes halogenated alkanes) is 12. The van der Waals surface area contributed by atoms with E-state index >= 15 is 0 Å². The number of nitrogens with one attached hydrogen (secondary N) is 1. The predicted octanol–water partition coefficient (Wildman–Crippen LogP) is 8.23. The Kier molecular flexibility index (Phi) is 27.6. The smallest absolute Gasteiger partial charge is 0.337 e. The molecule has 3 N–H and O–H groups in total. The highest BCUT2D eigenvalue weighted by atomic mass is 16.5. The van der Waals surface area contributed by atoms with E-state index in [9.17, 15) is 34.2 Å².